The molecule has 0 saturated carbocycles. The number of aryl methyl sites for hydroxylation is 1. The van der Waals surface area contributed by atoms with Crippen LogP contribution < -0.4 is 14.4 Å². The van der Waals surface area contributed by atoms with Gasteiger partial charge in [-0.1, -0.05) is 57.9 Å². The van der Waals surface area contributed by atoms with E-state index in [4.69, 9.17) is 4.74 Å². The molecule has 3 rings (SSSR count). The fourth-order valence-electron chi connectivity index (χ4n) is 3.87. The topological polar surface area (TPSA) is 96.0 Å². The van der Waals surface area contributed by atoms with E-state index in [9.17, 15) is 18.0 Å². The van der Waals surface area contributed by atoms with Gasteiger partial charge in [0, 0.05) is 18.1 Å². The Morgan fingerprint density at radius 3 is 2.24 bits per heavy atom. The van der Waals surface area contributed by atoms with Crippen molar-refractivity contribution in [2.24, 2.45) is 0 Å². The average molecular weight is 603 g/mol. The molecule has 3 aromatic rings. The van der Waals surface area contributed by atoms with Crippen LogP contribution in [0.4, 0.5) is 5.69 Å². The molecule has 38 heavy (non-hydrogen) atoms. The molecule has 0 aliphatic heterocycles. The molecule has 1 N–H and O–H groups in total. The smallest absolute Gasteiger partial charge is 0.264 e. The van der Waals surface area contributed by atoms with Crippen LogP contribution >= 0.6 is 15.9 Å². The van der Waals surface area contributed by atoms with E-state index >= 15 is 0 Å². The number of hydrogen-bond donors (Lipinski definition) is 1. The van der Waals surface area contributed by atoms with Gasteiger partial charge in [0.2, 0.25) is 11.8 Å². The summed E-state index contributed by atoms with van der Waals surface area (Å²) < 4.78 is 35.5. The van der Waals surface area contributed by atoms with Crippen molar-refractivity contribution >= 4 is 43.5 Å². The molecule has 3 aromatic carbocycles. The fraction of sp³-hybridized carbons (Fsp3) is 0.286. The van der Waals surface area contributed by atoms with Gasteiger partial charge in [0.1, 0.15) is 18.3 Å². The van der Waals surface area contributed by atoms with Crippen molar-refractivity contribution in [3.05, 3.63) is 88.4 Å². The molecule has 0 aliphatic carbocycles. The summed E-state index contributed by atoms with van der Waals surface area (Å²) in [5, 5.41) is 2.58. The molecule has 10 heteroatoms. The molecule has 0 spiro atoms. The van der Waals surface area contributed by atoms with Crippen molar-refractivity contribution in [1.82, 2.24) is 10.2 Å². The Morgan fingerprint density at radius 2 is 1.63 bits per heavy atom. The number of anilines is 1. The lowest BCUT2D eigenvalue weighted by Gasteiger charge is -2.32. The monoisotopic (exact) mass is 601 g/mol. The zero-order chi connectivity index (χ0) is 27.9. The molecule has 0 aromatic heterocycles. The average Bonchev–Trinajstić information content (AvgIpc) is 2.91. The van der Waals surface area contributed by atoms with Crippen LogP contribution in [0.15, 0.2) is 82.2 Å². The van der Waals surface area contributed by atoms with Crippen molar-refractivity contribution < 1.29 is 22.7 Å². The van der Waals surface area contributed by atoms with Crippen molar-refractivity contribution in [2.75, 3.05) is 24.5 Å². The summed E-state index contributed by atoms with van der Waals surface area (Å²) in [5.74, 6) is -0.568. The largest absolute Gasteiger partial charge is 0.492 e. The first-order chi connectivity index (χ1) is 18.1. The van der Waals surface area contributed by atoms with Gasteiger partial charge in [-0.15, -0.1) is 0 Å². The second-order valence-electron chi connectivity index (χ2n) is 8.66. The number of para-hydroxylation sites is 2. The van der Waals surface area contributed by atoms with Crippen LogP contribution in [-0.4, -0.2) is 51.4 Å². The predicted molar refractivity (Wildman–Crippen MR) is 152 cm³/mol. The van der Waals surface area contributed by atoms with Gasteiger partial charge in [-0.25, -0.2) is 8.42 Å². The number of nitrogens with zero attached hydrogens (tertiary/aromatic N) is 2. The SMILES string of the molecule is CCOc1ccccc1N(CC(=O)N(Cc1ccc(Br)cc1)[C@@H](C)C(=O)NC)S(=O)(=O)c1ccc(C)cc1. The van der Waals surface area contributed by atoms with Gasteiger partial charge in [-0.05, 0) is 62.7 Å². The fourth-order valence-corrected chi connectivity index (χ4v) is 5.56. The molecule has 0 heterocycles. The minimum Gasteiger partial charge on any atom is -0.492 e. The summed E-state index contributed by atoms with van der Waals surface area (Å²) in [6.07, 6.45) is 0. The van der Waals surface area contributed by atoms with E-state index in [-0.39, 0.29) is 23.0 Å². The van der Waals surface area contributed by atoms with Crippen molar-refractivity contribution in [1.29, 1.82) is 0 Å². The first-order valence-corrected chi connectivity index (χ1v) is 14.4. The number of benzene rings is 3. The first-order valence-electron chi connectivity index (χ1n) is 12.1. The third-order valence-electron chi connectivity index (χ3n) is 6.00. The van der Waals surface area contributed by atoms with E-state index in [0.717, 1.165) is 19.9 Å². The Bertz CT molecular complexity index is 1360. The molecule has 2 amide bonds. The Morgan fingerprint density at radius 1 is 1.00 bits per heavy atom. The van der Waals surface area contributed by atoms with Gasteiger partial charge in [0.05, 0.1) is 17.2 Å². The lowest BCUT2D eigenvalue weighted by Crippen LogP contribution is -2.50. The normalized spacial score (nSPS) is 11.9. The highest BCUT2D eigenvalue weighted by molar-refractivity contribution is 9.10. The maximum atomic E-state index is 13.9. The Balaban J connectivity index is 2.08. The molecule has 0 fully saturated rings. The zero-order valence-electron chi connectivity index (χ0n) is 21.8. The summed E-state index contributed by atoms with van der Waals surface area (Å²) in [4.78, 5) is 27.9. The lowest BCUT2D eigenvalue weighted by molar-refractivity contribution is -0.139. The molecule has 0 radical (unpaired) electrons. The number of amides is 2. The van der Waals surface area contributed by atoms with Crippen LogP contribution in [0.3, 0.4) is 0 Å². The van der Waals surface area contributed by atoms with Gasteiger partial charge in [0.15, 0.2) is 0 Å². The highest BCUT2D eigenvalue weighted by Gasteiger charge is 2.33. The second kappa shape index (κ2) is 12.9. The summed E-state index contributed by atoms with van der Waals surface area (Å²) in [6, 6.07) is 19.6. The number of halogens is 1. The standard InChI is InChI=1S/C28H32BrN3O5S/c1-5-37-26-9-7-6-8-25(26)32(38(35,36)24-16-10-20(2)11-17-24)19-27(33)31(21(3)28(34)30-4)18-22-12-14-23(29)15-13-22/h6-17,21H,5,18-19H2,1-4H3,(H,30,34)/t21-/m0/s1. The third-order valence-corrected chi connectivity index (χ3v) is 8.30. The summed E-state index contributed by atoms with van der Waals surface area (Å²) in [5.41, 5.74) is 1.93. The van der Waals surface area contributed by atoms with E-state index < -0.39 is 28.5 Å². The maximum Gasteiger partial charge on any atom is 0.264 e. The molecular weight excluding hydrogens is 570 g/mol. The van der Waals surface area contributed by atoms with Crippen molar-refractivity contribution in [2.45, 2.75) is 38.3 Å². The Hall–Kier alpha value is -3.37. The van der Waals surface area contributed by atoms with Crippen LogP contribution in [0.1, 0.15) is 25.0 Å². The maximum absolute atomic E-state index is 13.9. The quantitative estimate of drug-likeness (QED) is 0.349. The number of hydrogen-bond acceptors (Lipinski definition) is 5. The highest BCUT2D eigenvalue weighted by Crippen LogP contribution is 2.33. The summed E-state index contributed by atoms with van der Waals surface area (Å²) >= 11 is 3.40. The van der Waals surface area contributed by atoms with Crippen molar-refractivity contribution in [3.63, 3.8) is 0 Å². The Labute approximate surface area is 232 Å². The van der Waals surface area contributed by atoms with Gasteiger partial charge in [-0.3, -0.25) is 13.9 Å². The number of carbonyl (C=O) groups is 2. The molecule has 0 bridgehead atoms. The third kappa shape index (κ3) is 6.93. The molecule has 8 nitrogen and oxygen atoms in total. The van der Waals surface area contributed by atoms with E-state index in [1.807, 2.05) is 31.2 Å². The van der Waals surface area contributed by atoms with Crippen LogP contribution in [-0.2, 0) is 26.2 Å². The molecule has 1 atom stereocenters. The van der Waals surface area contributed by atoms with E-state index in [1.165, 1.54) is 24.1 Å². The highest BCUT2D eigenvalue weighted by atomic mass is 79.9. The van der Waals surface area contributed by atoms with Crippen LogP contribution in [0.25, 0.3) is 0 Å². The van der Waals surface area contributed by atoms with Crippen molar-refractivity contribution in [3.8, 4) is 5.75 Å². The molecule has 0 unspecified atom stereocenters. The minimum atomic E-state index is -4.17. The number of rotatable bonds is 11. The van der Waals surface area contributed by atoms with Crippen LogP contribution in [0, 0.1) is 6.92 Å². The van der Waals surface area contributed by atoms with Crippen LogP contribution in [0.5, 0.6) is 5.75 Å². The van der Waals surface area contributed by atoms with Gasteiger partial charge in [0.25, 0.3) is 10.0 Å². The van der Waals surface area contributed by atoms with Gasteiger partial charge < -0.3 is 15.0 Å². The second-order valence-corrected chi connectivity index (χ2v) is 11.4. The van der Waals surface area contributed by atoms with Gasteiger partial charge in [-0.2, -0.15) is 0 Å². The molecular formula is C28H32BrN3O5S. The number of ether oxygens (including phenoxy) is 1. The van der Waals surface area contributed by atoms with Crippen LogP contribution in [0.2, 0.25) is 0 Å². The lowest BCUT2D eigenvalue weighted by atomic mass is 10.1. The van der Waals surface area contributed by atoms with Gasteiger partial charge >= 0.3 is 0 Å². The van der Waals surface area contributed by atoms with E-state index in [1.54, 1.807) is 50.2 Å². The predicted octanol–water partition coefficient (Wildman–Crippen LogP) is 4.51. The molecule has 202 valence electrons. The number of carbonyl (C=O) groups excluding carboxylic acids is 2. The molecule has 0 aliphatic rings. The number of likely N-dealkylation sites (N-methyl/N-ethyl adjacent to an activating group) is 1. The van der Waals surface area contributed by atoms with E-state index in [0.29, 0.717) is 12.4 Å². The van der Waals surface area contributed by atoms with E-state index in [2.05, 4.69) is 21.2 Å². The minimum absolute atomic E-state index is 0.0426. The first kappa shape index (κ1) is 29.2. The summed E-state index contributed by atoms with van der Waals surface area (Å²) in [6.45, 7) is 5.17. The summed E-state index contributed by atoms with van der Waals surface area (Å²) in [7, 11) is -2.68. The number of sulfonamides is 1. The zero-order valence-corrected chi connectivity index (χ0v) is 24.3. The molecule has 0 saturated heterocycles. The Kier molecular flexibility index (Phi) is 9.93. The number of nitrogens with one attached hydrogen (secondary N) is 1.